The van der Waals surface area contributed by atoms with Gasteiger partial charge in [0.25, 0.3) is 5.56 Å². The Hall–Kier alpha value is -4.68. The number of pyridine rings is 1. The highest BCUT2D eigenvalue weighted by Gasteiger charge is 2.21. The fourth-order valence-corrected chi connectivity index (χ4v) is 4.92. The third-order valence-electron chi connectivity index (χ3n) is 6.39. The van der Waals surface area contributed by atoms with Crippen LogP contribution < -0.4 is 19.8 Å². The van der Waals surface area contributed by atoms with Crippen LogP contribution in [0.3, 0.4) is 0 Å². The molecule has 5 aromatic rings. The van der Waals surface area contributed by atoms with Gasteiger partial charge < -0.3 is 23.6 Å². The van der Waals surface area contributed by atoms with E-state index in [1.165, 1.54) is 35.9 Å². The van der Waals surface area contributed by atoms with Crippen LogP contribution in [-0.4, -0.2) is 37.1 Å². The monoisotopic (exact) mass is 596 g/mol. The SMILES string of the molecule is CCS(=O)(=O)Nc1ccc(Oc2ccc(F)cc2F)c(-c2cn(C)c(=O)c3cc(-c4ccc(OCCO)cc4)oc23)c1. The lowest BCUT2D eigenvalue weighted by molar-refractivity contribution is 0.201. The number of rotatable bonds is 10. The van der Waals surface area contributed by atoms with Crippen LogP contribution in [0.15, 0.2) is 82.1 Å². The number of hydrogen-bond acceptors (Lipinski definition) is 7. The third kappa shape index (κ3) is 5.99. The van der Waals surface area contributed by atoms with Gasteiger partial charge in [-0.15, -0.1) is 0 Å². The van der Waals surface area contributed by atoms with Gasteiger partial charge in [0.05, 0.1) is 17.7 Å². The number of halogens is 2. The molecule has 0 spiro atoms. The average Bonchev–Trinajstić information content (AvgIpc) is 3.42. The zero-order chi connectivity index (χ0) is 30.0. The number of furan rings is 1. The van der Waals surface area contributed by atoms with E-state index in [-0.39, 0.29) is 58.2 Å². The summed E-state index contributed by atoms with van der Waals surface area (Å²) in [4.78, 5) is 13.1. The number of aliphatic hydroxyl groups excluding tert-OH is 1. The number of aryl methyl sites for hydroxylation is 1. The van der Waals surface area contributed by atoms with Crippen molar-refractivity contribution in [3.63, 3.8) is 0 Å². The molecule has 2 N–H and O–H groups in total. The van der Waals surface area contributed by atoms with Gasteiger partial charge in [-0.1, -0.05) is 0 Å². The number of nitrogens with zero attached hydrogens (tertiary/aromatic N) is 1. The van der Waals surface area contributed by atoms with Crippen LogP contribution >= 0.6 is 0 Å². The minimum Gasteiger partial charge on any atom is -0.491 e. The summed E-state index contributed by atoms with van der Waals surface area (Å²) in [6.45, 7) is 1.51. The summed E-state index contributed by atoms with van der Waals surface area (Å²) in [7, 11) is -2.10. The first-order valence-corrected chi connectivity index (χ1v) is 14.5. The topological polar surface area (TPSA) is 120 Å². The van der Waals surface area contributed by atoms with E-state index in [0.29, 0.717) is 28.7 Å². The van der Waals surface area contributed by atoms with Crippen LogP contribution in [0.4, 0.5) is 14.5 Å². The molecule has 0 saturated heterocycles. The van der Waals surface area contributed by atoms with Gasteiger partial charge in [0.2, 0.25) is 10.0 Å². The smallest absolute Gasteiger partial charge is 0.261 e. The molecule has 0 unspecified atom stereocenters. The van der Waals surface area contributed by atoms with E-state index in [2.05, 4.69) is 4.72 Å². The average molecular weight is 597 g/mol. The van der Waals surface area contributed by atoms with Crippen molar-refractivity contribution in [2.45, 2.75) is 6.92 Å². The van der Waals surface area contributed by atoms with Gasteiger partial charge in [-0.3, -0.25) is 9.52 Å². The summed E-state index contributed by atoms with van der Waals surface area (Å²) in [6, 6.07) is 15.7. The number of benzene rings is 3. The largest absolute Gasteiger partial charge is 0.491 e. The van der Waals surface area contributed by atoms with E-state index in [1.54, 1.807) is 37.4 Å². The van der Waals surface area contributed by atoms with Gasteiger partial charge in [0.15, 0.2) is 11.6 Å². The highest BCUT2D eigenvalue weighted by atomic mass is 32.2. The minimum absolute atomic E-state index is 0.100. The summed E-state index contributed by atoms with van der Waals surface area (Å²) < 4.78 is 73.9. The normalized spacial score (nSPS) is 11.5. The van der Waals surface area contributed by atoms with Gasteiger partial charge in [-0.05, 0) is 67.6 Å². The molecule has 0 aliphatic rings. The van der Waals surface area contributed by atoms with E-state index in [0.717, 1.165) is 12.1 Å². The molecule has 0 amide bonds. The molecule has 0 fully saturated rings. The van der Waals surface area contributed by atoms with Crippen LogP contribution in [0.5, 0.6) is 17.2 Å². The predicted octanol–water partition coefficient (Wildman–Crippen LogP) is 5.67. The van der Waals surface area contributed by atoms with E-state index < -0.39 is 21.7 Å². The highest BCUT2D eigenvalue weighted by Crippen LogP contribution is 2.41. The van der Waals surface area contributed by atoms with Gasteiger partial charge in [0.1, 0.15) is 35.3 Å². The maximum atomic E-state index is 14.5. The quantitative estimate of drug-likeness (QED) is 0.213. The van der Waals surface area contributed by atoms with E-state index >= 15 is 0 Å². The van der Waals surface area contributed by atoms with Crippen LogP contribution in [0, 0.1) is 11.6 Å². The molecule has 12 heteroatoms. The Kier molecular flexibility index (Phi) is 8.01. The van der Waals surface area contributed by atoms with Crippen molar-refractivity contribution in [2.24, 2.45) is 7.05 Å². The molecule has 3 aromatic carbocycles. The molecule has 5 rings (SSSR count). The molecular weight excluding hydrogens is 570 g/mol. The molecule has 0 atom stereocenters. The summed E-state index contributed by atoms with van der Waals surface area (Å²) in [5.41, 5.74) is 1.33. The highest BCUT2D eigenvalue weighted by molar-refractivity contribution is 7.92. The molecule has 42 heavy (non-hydrogen) atoms. The molecule has 0 aliphatic heterocycles. The Labute approximate surface area is 239 Å². The maximum Gasteiger partial charge on any atom is 0.261 e. The molecular formula is C30H26F2N2O7S. The summed E-state index contributed by atoms with van der Waals surface area (Å²) in [5.74, 6) is -1.13. The summed E-state index contributed by atoms with van der Waals surface area (Å²) in [5, 5.41) is 9.21. The van der Waals surface area contributed by atoms with E-state index in [9.17, 15) is 22.0 Å². The minimum atomic E-state index is -3.65. The molecule has 0 aliphatic carbocycles. The maximum absolute atomic E-state index is 14.5. The van der Waals surface area contributed by atoms with Crippen molar-refractivity contribution >= 4 is 26.7 Å². The second kappa shape index (κ2) is 11.7. The Morgan fingerprint density at radius 2 is 1.71 bits per heavy atom. The standard InChI is InChI=1S/C30H26F2N2O7S/c1-3-42(37,38)33-20-7-11-26(40-27-10-6-19(31)14-25(27)32)22(15-20)24-17-34(2)30(36)23-16-28(41-29(23)24)18-4-8-21(9-5-18)39-13-12-35/h4-11,14-17,33,35H,3,12-13H2,1-2H3. The van der Waals surface area contributed by atoms with Crippen LogP contribution in [0.2, 0.25) is 0 Å². The molecule has 0 saturated carbocycles. The van der Waals surface area contributed by atoms with Gasteiger partial charge in [-0.25, -0.2) is 17.2 Å². The van der Waals surface area contributed by atoms with Gasteiger partial charge in [0, 0.05) is 41.7 Å². The van der Waals surface area contributed by atoms with E-state index in [1.807, 2.05) is 0 Å². The van der Waals surface area contributed by atoms with Crippen LogP contribution in [0.25, 0.3) is 33.4 Å². The van der Waals surface area contributed by atoms with Crippen molar-refractivity contribution in [2.75, 3.05) is 23.7 Å². The summed E-state index contributed by atoms with van der Waals surface area (Å²) >= 11 is 0. The second-order valence-electron chi connectivity index (χ2n) is 9.30. The van der Waals surface area contributed by atoms with Crippen LogP contribution in [-0.2, 0) is 17.1 Å². The molecule has 0 radical (unpaired) electrons. The second-order valence-corrected chi connectivity index (χ2v) is 11.3. The fourth-order valence-electron chi connectivity index (χ4n) is 4.29. The van der Waals surface area contributed by atoms with Crippen molar-refractivity contribution in [3.05, 3.63) is 94.9 Å². The Balaban J connectivity index is 1.67. The lowest BCUT2D eigenvalue weighted by Crippen LogP contribution is -2.16. The zero-order valence-corrected chi connectivity index (χ0v) is 23.4. The van der Waals surface area contributed by atoms with E-state index in [4.69, 9.17) is 19.0 Å². The number of hydrogen-bond donors (Lipinski definition) is 2. The number of anilines is 1. The first kappa shape index (κ1) is 28.8. The van der Waals surface area contributed by atoms with Gasteiger partial charge >= 0.3 is 0 Å². The summed E-state index contributed by atoms with van der Waals surface area (Å²) in [6.07, 6.45) is 1.51. The van der Waals surface area contributed by atoms with Crippen molar-refractivity contribution in [1.82, 2.24) is 4.57 Å². The Morgan fingerprint density at radius 3 is 2.40 bits per heavy atom. The molecule has 2 aromatic heterocycles. The number of nitrogens with one attached hydrogen (secondary N) is 1. The predicted molar refractivity (Wildman–Crippen MR) is 154 cm³/mol. The zero-order valence-electron chi connectivity index (χ0n) is 22.6. The number of ether oxygens (including phenoxy) is 2. The first-order valence-electron chi connectivity index (χ1n) is 12.8. The lowest BCUT2D eigenvalue weighted by atomic mass is 10.0. The molecule has 0 bridgehead atoms. The Bertz CT molecular complexity index is 1930. The Morgan fingerprint density at radius 1 is 0.976 bits per heavy atom. The number of aliphatic hydroxyl groups is 1. The van der Waals surface area contributed by atoms with Crippen molar-refractivity contribution < 1.29 is 36.2 Å². The fraction of sp³-hybridized carbons (Fsp3) is 0.167. The molecule has 2 heterocycles. The number of aromatic nitrogens is 1. The number of fused-ring (bicyclic) bond motifs is 1. The van der Waals surface area contributed by atoms with Crippen molar-refractivity contribution in [1.29, 1.82) is 0 Å². The van der Waals surface area contributed by atoms with Crippen LogP contribution in [0.1, 0.15) is 6.92 Å². The first-order chi connectivity index (χ1) is 20.1. The third-order valence-corrected chi connectivity index (χ3v) is 7.69. The molecule has 218 valence electrons. The van der Waals surface area contributed by atoms with Crippen molar-refractivity contribution in [3.8, 4) is 39.7 Å². The van der Waals surface area contributed by atoms with Gasteiger partial charge in [-0.2, -0.15) is 0 Å². The molecule has 9 nitrogen and oxygen atoms in total. The number of sulfonamides is 1. The lowest BCUT2D eigenvalue weighted by Gasteiger charge is -2.15.